The van der Waals surface area contributed by atoms with E-state index in [2.05, 4.69) is 10.3 Å². The first-order valence-electron chi connectivity index (χ1n) is 8.97. The molecule has 0 aliphatic heterocycles. The number of aromatic nitrogens is 1. The highest BCUT2D eigenvalue weighted by Crippen LogP contribution is 2.25. The van der Waals surface area contributed by atoms with Gasteiger partial charge in [-0.15, -0.1) is 0 Å². The van der Waals surface area contributed by atoms with Crippen molar-refractivity contribution in [1.82, 2.24) is 15.2 Å². The zero-order valence-electron chi connectivity index (χ0n) is 14.6. The second-order valence-corrected chi connectivity index (χ2v) is 6.98. The fraction of sp³-hybridized carbons (Fsp3) is 0.526. The lowest BCUT2D eigenvalue weighted by molar-refractivity contribution is 0.0565. The molecule has 1 heterocycles. The van der Waals surface area contributed by atoms with E-state index in [4.69, 9.17) is 0 Å². The van der Waals surface area contributed by atoms with Crippen LogP contribution in [0.15, 0.2) is 24.4 Å². The molecule has 2 unspecified atom stereocenters. The predicted octanol–water partition coefficient (Wildman–Crippen LogP) is 3.04. The number of H-pyrrole nitrogens is 1. The summed E-state index contributed by atoms with van der Waals surface area (Å²) in [7, 11) is 1.76. The van der Waals surface area contributed by atoms with Crippen LogP contribution >= 0.6 is 0 Å². The Kier molecular flexibility index (Phi) is 5.58. The number of aromatic amines is 1. The third-order valence-corrected chi connectivity index (χ3v) is 5.12. The molecule has 0 saturated heterocycles. The number of nitrogens with zero attached hydrogens (tertiary/aromatic N) is 1. The summed E-state index contributed by atoms with van der Waals surface area (Å²) in [4.78, 5) is 17.0. The molecular formula is C19H26FN3O2. The first-order valence-corrected chi connectivity index (χ1v) is 8.97. The second kappa shape index (κ2) is 7.87. The van der Waals surface area contributed by atoms with Gasteiger partial charge in [0.15, 0.2) is 0 Å². The molecule has 2 aromatic rings. The minimum Gasteiger partial charge on any atom is -0.393 e. The van der Waals surface area contributed by atoms with Crippen molar-refractivity contribution >= 4 is 16.9 Å². The summed E-state index contributed by atoms with van der Waals surface area (Å²) in [6, 6.07) is 4.53. The molecule has 0 spiro atoms. The topological polar surface area (TPSA) is 68.4 Å². The highest BCUT2D eigenvalue weighted by atomic mass is 19.1. The monoisotopic (exact) mass is 347 g/mol. The van der Waals surface area contributed by atoms with E-state index in [0.717, 1.165) is 42.1 Å². The van der Waals surface area contributed by atoms with E-state index in [1.807, 2.05) is 6.20 Å². The third-order valence-electron chi connectivity index (χ3n) is 5.12. The maximum Gasteiger partial charge on any atom is 0.317 e. The summed E-state index contributed by atoms with van der Waals surface area (Å²) in [6.07, 6.45) is 6.18. The van der Waals surface area contributed by atoms with Crippen molar-refractivity contribution < 1.29 is 14.3 Å². The van der Waals surface area contributed by atoms with Crippen LogP contribution < -0.4 is 5.32 Å². The van der Waals surface area contributed by atoms with E-state index >= 15 is 0 Å². The minimum atomic E-state index is -0.301. The molecular weight excluding hydrogens is 321 g/mol. The van der Waals surface area contributed by atoms with Crippen LogP contribution in [0.3, 0.4) is 0 Å². The number of hydrogen-bond donors (Lipinski definition) is 3. The van der Waals surface area contributed by atoms with Crippen molar-refractivity contribution in [2.24, 2.45) is 5.92 Å². The van der Waals surface area contributed by atoms with Gasteiger partial charge in [0.25, 0.3) is 0 Å². The van der Waals surface area contributed by atoms with Crippen LogP contribution in [0.4, 0.5) is 9.18 Å². The highest BCUT2D eigenvalue weighted by Gasteiger charge is 2.25. The number of carbonyl (C=O) groups is 1. The van der Waals surface area contributed by atoms with Crippen LogP contribution in [-0.2, 0) is 6.42 Å². The lowest BCUT2D eigenvalue weighted by Gasteiger charge is -2.31. The Balaban J connectivity index is 1.49. The number of aliphatic hydroxyl groups is 1. The normalized spacial score (nSPS) is 20.6. The van der Waals surface area contributed by atoms with Crippen molar-refractivity contribution in [2.45, 2.75) is 38.2 Å². The predicted molar refractivity (Wildman–Crippen MR) is 96.0 cm³/mol. The number of amides is 2. The number of rotatable bonds is 5. The van der Waals surface area contributed by atoms with E-state index in [9.17, 15) is 14.3 Å². The number of nitrogens with one attached hydrogen (secondary N) is 2. The molecule has 1 aliphatic carbocycles. The van der Waals surface area contributed by atoms with E-state index in [-0.39, 0.29) is 23.9 Å². The van der Waals surface area contributed by atoms with Gasteiger partial charge >= 0.3 is 6.03 Å². The van der Waals surface area contributed by atoms with Crippen LogP contribution in [0, 0.1) is 11.7 Å². The van der Waals surface area contributed by atoms with Gasteiger partial charge in [-0.1, -0.05) is 12.8 Å². The van der Waals surface area contributed by atoms with Gasteiger partial charge in [-0.3, -0.25) is 0 Å². The van der Waals surface area contributed by atoms with Gasteiger partial charge in [0.05, 0.1) is 6.10 Å². The molecule has 5 nitrogen and oxygen atoms in total. The van der Waals surface area contributed by atoms with Gasteiger partial charge < -0.3 is 20.3 Å². The van der Waals surface area contributed by atoms with Gasteiger partial charge in [-0.05, 0) is 43.0 Å². The molecule has 6 heteroatoms. The van der Waals surface area contributed by atoms with Crippen LogP contribution in [0.1, 0.15) is 31.2 Å². The maximum absolute atomic E-state index is 13.4. The van der Waals surface area contributed by atoms with Gasteiger partial charge in [0.2, 0.25) is 0 Å². The summed E-state index contributed by atoms with van der Waals surface area (Å²) in [6.45, 7) is 1.06. The number of fused-ring (bicyclic) bond motifs is 1. The Labute approximate surface area is 147 Å². The molecule has 1 fully saturated rings. The zero-order chi connectivity index (χ0) is 17.8. The lowest BCUT2D eigenvalue weighted by atomic mass is 9.86. The highest BCUT2D eigenvalue weighted by molar-refractivity contribution is 5.83. The van der Waals surface area contributed by atoms with Gasteiger partial charge in [-0.25, -0.2) is 9.18 Å². The van der Waals surface area contributed by atoms with Crippen LogP contribution in [0.2, 0.25) is 0 Å². The average Bonchev–Trinajstić information content (AvgIpc) is 2.99. The van der Waals surface area contributed by atoms with Crippen molar-refractivity contribution in [3.05, 3.63) is 35.8 Å². The zero-order valence-corrected chi connectivity index (χ0v) is 14.6. The molecule has 0 radical (unpaired) electrons. The number of carbonyl (C=O) groups excluding carboxylic acids is 1. The molecule has 1 saturated carbocycles. The average molecular weight is 347 g/mol. The van der Waals surface area contributed by atoms with Gasteiger partial charge in [0, 0.05) is 43.2 Å². The smallest absolute Gasteiger partial charge is 0.317 e. The number of aliphatic hydroxyl groups excluding tert-OH is 1. The maximum atomic E-state index is 13.4. The minimum absolute atomic E-state index is 0.135. The van der Waals surface area contributed by atoms with Crippen LogP contribution in [0.5, 0.6) is 0 Å². The Hall–Kier alpha value is -2.08. The van der Waals surface area contributed by atoms with Crippen LogP contribution in [0.25, 0.3) is 10.9 Å². The summed E-state index contributed by atoms with van der Waals surface area (Å²) in [5.41, 5.74) is 1.88. The Morgan fingerprint density at radius 1 is 1.40 bits per heavy atom. The third kappa shape index (κ3) is 4.31. The van der Waals surface area contributed by atoms with Crippen molar-refractivity contribution in [2.75, 3.05) is 20.1 Å². The summed E-state index contributed by atoms with van der Waals surface area (Å²) in [5.74, 6) is -0.0933. The Bertz CT molecular complexity index is 731. The number of urea groups is 1. The molecule has 2 amide bonds. The summed E-state index contributed by atoms with van der Waals surface area (Å²) < 4.78 is 13.4. The largest absolute Gasteiger partial charge is 0.393 e. The molecule has 1 aromatic carbocycles. The quantitative estimate of drug-likeness (QED) is 0.778. The van der Waals surface area contributed by atoms with E-state index in [1.165, 1.54) is 12.1 Å². The Morgan fingerprint density at radius 2 is 2.20 bits per heavy atom. The molecule has 0 bridgehead atoms. The first-order chi connectivity index (χ1) is 12.0. The van der Waals surface area contributed by atoms with Gasteiger partial charge in [-0.2, -0.15) is 0 Å². The van der Waals surface area contributed by atoms with E-state index < -0.39 is 0 Å². The fourth-order valence-electron chi connectivity index (χ4n) is 3.63. The molecule has 136 valence electrons. The summed E-state index contributed by atoms with van der Waals surface area (Å²) in [5, 5.41) is 13.8. The van der Waals surface area contributed by atoms with Crippen molar-refractivity contribution in [3.8, 4) is 0 Å². The Morgan fingerprint density at radius 3 is 3.00 bits per heavy atom. The van der Waals surface area contributed by atoms with Gasteiger partial charge in [0.1, 0.15) is 5.82 Å². The second-order valence-electron chi connectivity index (χ2n) is 6.98. The number of benzene rings is 1. The SMILES string of the molecule is CN(CC1CCCCC1O)C(=O)NCCc1c[nH]c2ccc(F)cc12. The standard InChI is InChI=1S/C19H26FN3O2/c1-23(12-14-4-2-3-5-18(14)24)19(25)21-9-8-13-11-22-17-7-6-15(20)10-16(13)17/h6-7,10-11,14,18,22,24H,2-5,8-9,12H2,1H3,(H,21,25). The molecule has 3 rings (SSSR count). The molecule has 25 heavy (non-hydrogen) atoms. The number of halogens is 1. The van der Waals surface area contributed by atoms with Crippen molar-refractivity contribution in [1.29, 1.82) is 0 Å². The molecule has 1 aromatic heterocycles. The summed E-state index contributed by atoms with van der Waals surface area (Å²) >= 11 is 0. The van der Waals surface area contributed by atoms with E-state index in [1.54, 1.807) is 18.0 Å². The van der Waals surface area contributed by atoms with Crippen LogP contribution in [-0.4, -0.2) is 47.3 Å². The lowest BCUT2D eigenvalue weighted by Crippen LogP contribution is -2.43. The van der Waals surface area contributed by atoms with Crippen molar-refractivity contribution in [3.63, 3.8) is 0 Å². The molecule has 3 N–H and O–H groups in total. The first kappa shape index (κ1) is 17.7. The fourth-order valence-corrected chi connectivity index (χ4v) is 3.63. The molecule has 2 atom stereocenters. The van der Waals surface area contributed by atoms with E-state index in [0.29, 0.717) is 19.5 Å². The number of hydrogen-bond acceptors (Lipinski definition) is 2. The molecule has 1 aliphatic rings.